The minimum atomic E-state index is -0.208. The standard InChI is InChI=1S/C12H14FN3S/c1-3-4-11-14-15-12(17)16(11)9-5-6-10(13)8(2)7-9/h5-7H,3-4H2,1-2H3,(H,15,17). The molecule has 1 N–H and O–H groups in total. The van der Waals surface area contributed by atoms with Crippen LogP contribution in [-0.2, 0) is 6.42 Å². The number of aromatic nitrogens is 3. The maximum atomic E-state index is 13.2. The Bertz CT molecular complexity index is 586. The Morgan fingerprint density at radius 2 is 2.24 bits per heavy atom. The molecular weight excluding hydrogens is 237 g/mol. The van der Waals surface area contributed by atoms with Crippen molar-refractivity contribution in [2.45, 2.75) is 26.7 Å². The summed E-state index contributed by atoms with van der Waals surface area (Å²) in [5.41, 5.74) is 1.46. The van der Waals surface area contributed by atoms with Gasteiger partial charge in [0.2, 0.25) is 0 Å². The number of nitrogens with zero attached hydrogens (tertiary/aromatic N) is 2. The number of rotatable bonds is 3. The lowest BCUT2D eigenvalue weighted by Crippen LogP contribution is -2.02. The Hall–Kier alpha value is -1.49. The highest BCUT2D eigenvalue weighted by molar-refractivity contribution is 7.71. The highest BCUT2D eigenvalue weighted by Crippen LogP contribution is 2.16. The van der Waals surface area contributed by atoms with Crippen molar-refractivity contribution in [3.8, 4) is 5.69 Å². The number of aryl methyl sites for hydroxylation is 2. The van der Waals surface area contributed by atoms with Crippen molar-refractivity contribution < 1.29 is 4.39 Å². The van der Waals surface area contributed by atoms with Crippen LogP contribution in [0, 0.1) is 17.5 Å². The molecule has 0 saturated heterocycles. The Kier molecular flexibility index (Phi) is 3.38. The molecule has 1 aromatic heterocycles. The summed E-state index contributed by atoms with van der Waals surface area (Å²) in [6.45, 7) is 3.82. The molecule has 5 heteroatoms. The molecule has 3 nitrogen and oxygen atoms in total. The van der Waals surface area contributed by atoms with E-state index in [1.165, 1.54) is 6.07 Å². The van der Waals surface area contributed by atoms with Gasteiger partial charge < -0.3 is 0 Å². The van der Waals surface area contributed by atoms with E-state index in [1.54, 1.807) is 19.1 Å². The monoisotopic (exact) mass is 251 g/mol. The topological polar surface area (TPSA) is 33.6 Å². The lowest BCUT2D eigenvalue weighted by Gasteiger charge is -2.07. The van der Waals surface area contributed by atoms with Gasteiger partial charge in [0.15, 0.2) is 4.77 Å². The van der Waals surface area contributed by atoms with Gasteiger partial charge in [-0.05, 0) is 49.3 Å². The molecule has 0 bridgehead atoms. The lowest BCUT2D eigenvalue weighted by molar-refractivity contribution is 0.617. The van der Waals surface area contributed by atoms with Crippen LogP contribution in [0.3, 0.4) is 0 Å². The van der Waals surface area contributed by atoms with Crippen LogP contribution in [0.15, 0.2) is 18.2 Å². The molecule has 1 heterocycles. The van der Waals surface area contributed by atoms with Gasteiger partial charge in [0, 0.05) is 6.42 Å². The van der Waals surface area contributed by atoms with Gasteiger partial charge in [-0.25, -0.2) is 4.39 Å². The minimum Gasteiger partial charge on any atom is -0.272 e. The summed E-state index contributed by atoms with van der Waals surface area (Å²) in [4.78, 5) is 0. The maximum absolute atomic E-state index is 13.2. The first kappa shape index (κ1) is 12.0. The fraction of sp³-hybridized carbons (Fsp3) is 0.333. The highest BCUT2D eigenvalue weighted by Gasteiger charge is 2.08. The second-order valence-electron chi connectivity index (χ2n) is 3.96. The number of aromatic amines is 1. The summed E-state index contributed by atoms with van der Waals surface area (Å²) in [5, 5.41) is 6.96. The van der Waals surface area contributed by atoms with Crippen LogP contribution in [0.2, 0.25) is 0 Å². The summed E-state index contributed by atoms with van der Waals surface area (Å²) in [6.07, 6.45) is 1.82. The third-order valence-corrected chi connectivity index (χ3v) is 2.89. The summed E-state index contributed by atoms with van der Waals surface area (Å²) in [5.74, 6) is 0.671. The van der Waals surface area contributed by atoms with Crippen molar-refractivity contribution in [3.05, 3.63) is 40.2 Å². The molecule has 0 unspecified atom stereocenters. The molecule has 0 spiro atoms. The van der Waals surface area contributed by atoms with Crippen LogP contribution in [0.5, 0.6) is 0 Å². The zero-order valence-electron chi connectivity index (χ0n) is 9.83. The van der Waals surface area contributed by atoms with E-state index in [0.717, 1.165) is 24.4 Å². The zero-order chi connectivity index (χ0) is 12.4. The second kappa shape index (κ2) is 4.79. The molecular formula is C12H14FN3S. The smallest absolute Gasteiger partial charge is 0.199 e. The van der Waals surface area contributed by atoms with Crippen molar-refractivity contribution in [2.75, 3.05) is 0 Å². The molecule has 0 fully saturated rings. The van der Waals surface area contributed by atoms with E-state index < -0.39 is 0 Å². The predicted molar refractivity (Wildman–Crippen MR) is 67.4 cm³/mol. The quantitative estimate of drug-likeness (QED) is 0.849. The molecule has 1 aromatic carbocycles. The van der Waals surface area contributed by atoms with Gasteiger partial charge in [-0.15, -0.1) is 0 Å². The van der Waals surface area contributed by atoms with Crippen LogP contribution >= 0.6 is 12.2 Å². The molecule has 0 radical (unpaired) electrons. The lowest BCUT2D eigenvalue weighted by atomic mass is 10.2. The maximum Gasteiger partial charge on any atom is 0.199 e. The van der Waals surface area contributed by atoms with Crippen LogP contribution in [0.1, 0.15) is 24.7 Å². The first-order valence-corrected chi connectivity index (χ1v) is 5.97. The number of hydrogen-bond acceptors (Lipinski definition) is 2. The largest absolute Gasteiger partial charge is 0.272 e. The fourth-order valence-corrected chi connectivity index (χ4v) is 2.01. The second-order valence-corrected chi connectivity index (χ2v) is 4.35. The molecule has 0 saturated carbocycles. The summed E-state index contributed by atoms with van der Waals surface area (Å²) in [6, 6.07) is 4.95. The van der Waals surface area contributed by atoms with Gasteiger partial charge in [-0.3, -0.25) is 9.67 Å². The van der Waals surface area contributed by atoms with Crippen molar-refractivity contribution in [3.63, 3.8) is 0 Å². The van der Waals surface area contributed by atoms with Gasteiger partial charge in [0.1, 0.15) is 11.6 Å². The van der Waals surface area contributed by atoms with Gasteiger partial charge in [-0.2, -0.15) is 5.10 Å². The highest BCUT2D eigenvalue weighted by atomic mass is 32.1. The number of nitrogens with one attached hydrogen (secondary N) is 1. The molecule has 0 aliphatic rings. The van der Waals surface area contributed by atoms with Crippen molar-refractivity contribution in [2.24, 2.45) is 0 Å². The summed E-state index contributed by atoms with van der Waals surface area (Å²) in [7, 11) is 0. The van der Waals surface area contributed by atoms with E-state index in [9.17, 15) is 4.39 Å². The average Bonchev–Trinajstić information content (AvgIpc) is 2.65. The normalized spacial score (nSPS) is 10.8. The Morgan fingerprint density at radius 3 is 2.88 bits per heavy atom. The molecule has 2 aromatic rings. The molecule has 90 valence electrons. The summed E-state index contributed by atoms with van der Waals surface area (Å²) >= 11 is 5.20. The van der Waals surface area contributed by atoms with Crippen LogP contribution < -0.4 is 0 Å². The first-order chi connectivity index (χ1) is 8.13. The molecule has 0 atom stereocenters. The number of halogens is 1. The minimum absolute atomic E-state index is 0.208. The Morgan fingerprint density at radius 1 is 1.47 bits per heavy atom. The van der Waals surface area contributed by atoms with Gasteiger partial charge in [0.25, 0.3) is 0 Å². The average molecular weight is 251 g/mol. The van der Waals surface area contributed by atoms with E-state index in [1.807, 2.05) is 4.57 Å². The van der Waals surface area contributed by atoms with Gasteiger partial charge in [-0.1, -0.05) is 6.92 Å². The molecule has 0 amide bonds. The fourth-order valence-electron chi connectivity index (χ4n) is 1.76. The van der Waals surface area contributed by atoms with E-state index >= 15 is 0 Å². The molecule has 17 heavy (non-hydrogen) atoms. The third kappa shape index (κ3) is 2.29. The third-order valence-electron chi connectivity index (χ3n) is 2.62. The molecule has 0 aliphatic carbocycles. The SMILES string of the molecule is CCCc1n[nH]c(=S)n1-c1ccc(F)c(C)c1. The Balaban J connectivity index is 2.55. The van der Waals surface area contributed by atoms with E-state index in [-0.39, 0.29) is 5.82 Å². The van der Waals surface area contributed by atoms with Gasteiger partial charge in [0.05, 0.1) is 5.69 Å². The first-order valence-electron chi connectivity index (χ1n) is 5.56. The Labute approximate surface area is 104 Å². The van der Waals surface area contributed by atoms with E-state index in [0.29, 0.717) is 10.3 Å². The van der Waals surface area contributed by atoms with Crippen LogP contribution in [0.4, 0.5) is 4.39 Å². The number of hydrogen-bond donors (Lipinski definition) is 1. The van der Waals surface area contributed by atoms with E-state index in [2.05, 4.69) is 17.1 Å². The van der Waals surface area contributed by atoms with Crippen LogP contribution in [-0.4, -0.2) is 14.8 Å². The van der Waals surface area contributed by atoms with Crippen molar-refractivity contribution >= 4 is 12.2 Å². The van der Waals surface area contributed by atoms with Crippen molar-refractivity contribution in [1.82, 2.24) is 14.8 Å². The van der Waals surface area contributed by atoms with Crippen LogP contribution in [0.25, 0.3) is 5.69 Å². The van der Waals surface area contributed by atoms with E-state index in [4.69, 9.17) is 12.2 Å². The number of H-pyrrole nitrogens is 1. The number of benzene rings is 1. The molecule has 2 rings (SSSR count). The predicted octanol–water partition coefficient (Wildman–Crippen LogP) is 3.33. The molecule has 0 aliphatic heterocycles. The van der Waals surface area contributed by atoms with Crippen molar-refractivity contribution in [1.29, 1.82) is 0 Å². The van der Waals surface area contributed by atoms with Gasteiger partial charge >= 0.3 is 0 Å². The zero-order valence-corrected chi connectivity index (χ0v) is 10.6. The summed E-state index contributed by atoms with van der Waals surface area (Å²) < 4.78 is 15.6.